The number of carbonyl (C=O) groups is 2. The number of nitrogens with zero attached hydrogens (tertiary/aromatic N) is 1. The summed E-state index contributed by atoms with van der Waals surface area (Å²) in [7, 11) is 2.88. The summed E-state index contributed by atoms with van der Waals surface area (Å²) in [6.45, 7) is 5.20. The van der Waals surface area contributed by atoms with Gasteiger partial charge in [0, 0.05) is 0 Å². The Morgan fingerprint density at radius 3 is 2.14 bits per heavy atom. The number of alkyl carbamates (subject to hydrolysis) is 1. The van der Waals surface area contributed by atoms with Gasteiger partial charge >= 0.3 is 6.09 Å². The first-order valence-electron chi connectivity index (χ1n) is 6.33. The van der Waals surface area contributed by atoms with Crippen LogP contribution in [-0.4, -0.2) is 37.2 Å². The van der Waals surface area contributed by atoms with Crippen LogP contribution >= 0.6 is 0 Å². The van der Waals surface area contributed by atoms with Crippen molar-refractivity contribution < 1.29 is 23.8 Å². The van der Waals surface area contributed by atoms with Crippen LogP contribution in [0.4, 0.5) is 4.79 Å². The van der Waals surface area contributed by atoms with Gasteiger partial charge in [-0.2, -0.15) is 0 Å². The molecule has 7 heteroatoms. The van der Waals surface area contributed by atoms with Crippen LogP contribution in [0.3, 0.4) is 0 Å². The molecule has 1 N–H and O–H groups in total. The molecule has 1 atom stereocenters. The molecule has 0 saturated heterocycles. The third-order valence-corrected chi connectivity index (χ3v) is 2.47. The van der Waals surface area contributed by atoms with Crippen LogP contribution in [0.25, 0.3) is 0 Å². The molecule has 0 aliphatic carbocycles. The average Bonchev–Trinajstić information content (AvgIpc) is 2.42. The fraction of sp³-hybridized carbons (Fsp3) is 0.500. The zero-order valence-corrected chi connectivity index (χ0v) is 12.8. The lowest BCUT2D eigenvalue weighted by molar-refractivity contribution is -0.109. The van der Waals surface area contributed by atoms with Crippen molar-refractivity contribution in [2.75, 3.05) is 14.2 Å². The molecular formula is C14H20N2O5. The molecule has 0 radical (unpaired) electrons. The smallest absolute Gasteiger partial charge is 0.408 e. The van der Waals surface area contributed by atoms with Gasteiger partial charge in [-0.25, -0.2) is 4.79 Å². The number of aldehydes is 1. The zero-order chi connectivity index (χ0) is 16.0. The van der Waals surface area contributed by atoms with Gasteiger partial charge in [0.15, 0.2) is 0 Å². The fourth-order valence-corrected chi connectivity index (χ4v) is 1.67. The van der Waals surface area contributed by atoms with Crippen molar-refractivity contribution >= 4 is 12.4 Å². The van der Waals surface area contributed by atoms with Crippen molar-refractivity contribution in [1.29, 1.82) is 0 Å². The first-order chi connectivity index (χ1) is 9.82. The maximum absolute atomic E-state index is 11.8. The molecule has 1 unspecified atom stereocenters. The molecule has 0 aliphatic heterocycles. The standard InChI is InChI=1S/C14H20N2O5/c1-14(2,3)21-13(18)16-9(8-17)12-10(19-4)6-15-7-11(12)20-5/h6-9H,1-5H3,(H,16,18). The third-order valence-electron chi connectivity index (χ3n) is 2.47. The Labute approximate surface area is 123 Å². The number of aromatic nitrogens is 1. The summed E-state index contributed by atoms with van der Waals surface area (Å²) in [6.07, 6.45) is 2.74. The highest BCUT2D eigenvalue weighted by atomic mass is 16.6. The van der Waals surface area contributed by atoms with Crippen LogP contribution < -0.4 is 14.8 Å². The van der Waals surface area contributed by atoms with Crippen LogP contribution in [0, 0.1) is 0 Å². The first-order valence-corrected chi connectivity index (χ1v) is 6.33. The number of hydrogen-bond donors (Lipinski definition) is 1. The van der Waals surface area contributed by atoms with Crippen molar-refractivity contribution in [3.8, 4) is 11.5 Å². The number of nitrogens with one attached hydrogen (secondary N) is 1. The molecule has 0 spiro atoms. The number of amides is 1. The van der Waals surface area contributed by atoms with Gasteiger partial charge in [0.25, 0.3) is 0 Å². The summed E-state index contributed by atoms with van der Waals surface area (Å²) < 4.78 is 15.5. The molecule has 21 heavy (non-hydrogen) atoms. The Kier molecular flexibility index (Phi) is 5.52. The van der Waals surface area contributed by atoms with E-state index in [1.165, 1.54) is 26.6 Å². The number of methoxy groups -OCH3 is 2. The van der Waals surface area contributed by atoms with E-state index in [-0.39, 0.29) is 0 Å². The Morgan fingerprint density at radius 2 is 1.76 bits per heavy atom. The minimum Gasteiger partial charge on any atom is -0.495 e. The summed E-state index contributed by atoms with van der Waals surface area (Å²) in [5.41, 5.74) is -0.278. The molecule has 1 heterocycles. The first kappa shape index (κ1) is 16.7. The third kappa shape index (κ3) is 4.62. The topological polar surface area (TPSA) is 86.8 Å². The molecule has 1 aromatic heterocycles. The molecule has 0 aromatic carbocycles. The number of carbonyl (C=O) groups excluding carboxylic acids is 2. The van der Waals surface area contributed by atoms with Gasteiger partial charge in [-0.05, 0) is 20.8 Å². The number of ether oxygens (including phenoxy) is 3. The summed E-state index contributed by atoms with van der Waals surface area (Å²) in [4.78, 5) is 27.1. The Morgan fingerprint density at radius 1 is 1.24 bits per heavy atom. The summed E-state index contributed by atoms with van der Waals surface area (Å²) in [6, 6.07) is -0.965. The zero-order valence-electron chi connectivity index (χ0n) is 12.8. The molecule has 0 saturated carbocycles. The lowest BCUT2D eigenvalue weighted by atomic mass is 10.1. The van der Waals surface area contributed by atoms with E-state index >= 15 is 0 Å². The van der Waals surface area contributed by atoms with E-state index in [0.717, 1.165) is 0 Å². The molecule has 1 aromatic rings. The highest BCUT2D eigenvalue weighted by molar-refractivity contribution is 5.76. The van der Waals surface area contributed by atoms with Crippen molar-refractivity contribution in [2.45, 2.75) is 32.4 Å². The highest BCUT2D eigenvalue weighted by Crippen LogP contribution is 2.32. The van der Waals surface area contributed by atoms with Crippen molar-refractivity contribution in [3.63, 3.8) is 0 Å². The van der Waals surface area contributed by atoms with E-state index in [2.05, 4.69) is 10.3 Å². The number of pyridine rings is 1. The minimum atomic E-state index is -0.965. The van der Waals surface area contributed by atoms with Crippen LogP contribution in [0.2, 0.25) is 0 Å². The lowest BCUT2D eigenvalue weighted by Crippen LogP contribution is -2.35. The minimum absolute atomic E-state index is 0.336. The highest BCUT2D eigenvalue weighted by Gasteiger charge is 2.25. The van der Waals surface area contributed by atoms with Crippen LogP contribution in [0.5, 0.6) is 11.5 Å². The monoisotopic (exact) mass is 296 g/mol. The van der Waals surface area contributed by atoms with E-state index in [4.69, 9.17) is 14.2 Å². The van der Waals surface area contributed by atoms with Gasteiger partial charge in [-0.15, -0.1) is 0 Å². The van der Waals surface area contributed by atoms with Gasteiger partial charge in [-0.3, -0.25) is 4.98 Å². The average molecular weight is 296 g/mol. The largest absolute Gasteiger partial charge is 0.495 e. The summed E-state index contributed by atoms with van der Waals surface area (Å²) in [5, 5.41) is 2.47. The fourth-order valence-electron chi connectivity index (χ4n) is 1.67. The molecule has 7 nitrogen and oxygen atoms in total. The van der Waals surface area contributed by atoms with Gasteiger partial charge in [-0.1, -0.05) is 0 Å². The number of hydrogen-bond acceptors (Lipinski definition) is 6. The summed E-state index contributed by atoms with van der Waals surface area (Å²) >= 11 is 0. The van der Waals surface area contributed by atoms with E-state index in [1.54, 1.807) is 20.8 Å². The van der Waals surface area contributed by atoms with E-state index in [0.29, 0.717) is 23.3 Å². The molecule has 0 aliphatic rings. The molecule has 116 valence electrons. The lowest BCUT2D eigenvalue weighted by Gasteiger charge is -2.23. The normalized spacial score (nSPS) is 12.2. The molecular weight excluding hydrogens is 276 g/mol. The predicted molar refractivity (Wildman–Crippen MR) is 75.5 cm³/mol. The van der Waals surface area contributed by atoms with Crippen molar-refractivity contribution in [3.05, 3.63) is 18.0 Å². The van der Waals surface area contributed by atoms with Crippen molar-refractivity contribution in [2.24, 2.45) is 0 Å². The second-order valence-electron chi connectivity index (χ2n) is 5.22. The van der Waals surface area contributed by atoms with Crippen LogP contribution in [-0.2, 0) is 9.53 Å². The van der Waals surface area contributed by atoms with E-state index in [1.807, 2.05) is 0 Å². The Hall–Kier alpha value is -2.31. The quantitative estimate of drug-likeness (QED) is 0.835. The van der Waals surface area contributed by atoms with Gasteiger partial charge in [0.2, 0.25) is 0 Å². The summed E-state index contributed by atoms with van der Waals surface area (Å²) in [5.74, 6) is 0.671. The Bertz CT molecular complexity index is 488. The second-order valence-corrected chi connectivity index (χ2v) is 5.22. The Balaban J connectivity index is 3.05. The maximum Gasteiger partial charge on any atom is 0.408 e. The van der Waals surface area contributed by atoms with Crippen LogP contribution in [0.1, 0.15) is 32.4 Å². The molecule has 1 amide bonds. The van der Waals surface area contributed by atoms with Crippen LogP contribution in [0.15, 0.2) is 12.4 Å². The van der Waals surface area contributed by atoms with E-state index in [9.17, 15) is 9.59 Å². The van der Waals surface area contributed by atoms with E-state index < -0.39 is 17.7 Å². The van der Waals surface area contributed by atoms with Gasteiger partial charge in [0.1, 0.15) is 29.4 Å². The molecule has 0 fully saturated rings. The van der Waals surface area contributed by atoms with Gasteiger partial charge in [0.05, 0.1) is 32.2 Å². The predicted octanol–water partition coefficient (Wildman–Crippen LogP) is 1.86. The van der Waals surface area contributed by atoms with Gasteiger partial charge < -0.3 is 24.3 Å². The molecule has 1 rings (SSSR count). The maximum atomic E-state index is 11.8. The number of rotatable bonds is 5. The SMILES string of the molecule is COc1cncc(OC)c1C(C=O)NC(=O)OC(C)(C)C. The second kappa shape index (κ2) is 6.92. The van der Waals surface area contributed by atoms with Crippen molar-refractivity contribution in [1.82, 2.24) is 10.3 Å². The molecule has 0 bridgehead atoms.